The lowest BCUT2D eigenvalue weighted by atomic mass is 9.72. The fraction of sp³-hybridized carbons (Fsp3) is 0.588. The lowest BCUT2D eigenvalue weighted by Gasteiger charge is -2.41. The third kappa shape index (κ3) is 7.82. The molecule has 4 rings (SSSR count). The molecule has 1 N–H and O–H groups in total. The number of hydrogen-bond donors (Lipinski definition) is 1. The first-order chi connectivity index (χ1) is 19.6. The molecule has 7 heteroatoms. The van der Waals surface area contributed by atoms with Gasteiger partial charge in [-0.2, -0.15) is 0 Å². The summed E-state index contributed by atoms with van der Waals surface area (Å²) in [5.41, 5.74) is 0.358. The number of hydrogen-bond acceptors (Lipinski definition) is 5. The molecule has 41 heavy (non-hydrogen) atoms. The van der Waals surface area contributed by atoms with Crippen LogP contribution in [0.1, 0.15) is 96.1 Å². The van der Waals surface area contributed by atoms with Crippen LogP contribution in [0.3, 0.4) is 0 Å². The molecule has 1 aliphatic heterocycles. The summed E-state index contributed by atoms with van der Waals surface area (Å²) in [6.07, 6.45) is 6.24. The van der Waals surface area contributed by atoms with E-state index in [0.717, 1.165) is 49.0 Å². The van der Waals surface area contributed by atoms with Gasteiger partial charge in [0.2, 0.25) is 5.91 Å². The van der Waals surface area contributed by atoms with Crippen molar-refractivity contribution >= 4 is 12.0 Å². The predicted octanol–water partition coefficient (Wildman–Crippen LogP) is 6.68. The van der Waals surface area contributed by atoms with Crippen molar-refractivity contribution in [3.05, 3.63) is 65.7 Å². The molecule has 0 spiro atoms. The third-order valence-electron chi connectivity index (χ3n) is 8.45. The highest BCUT2D eigenvalue weighted by Gasteiger charge is 2.47. The first-order valence-electron chi connectivity index (χ1n) is 15.4. The molecule has 0 bridgehead atoms. The lowest BCUT2D eigenvalue weighted by Crippen LogP contribution is -2.53. The van der Waals surface area contributed by atoms with Crippen molar-refractivity contribution in [2.24, 2.45) is 0 Å². The van der Waals surface area contributed by atoms with Gasteiger partial charge in [-0.15, -0.1) is 0 Å². The van der Waals surface area contributed by atoms with Crippen molar-refractivity contribution < 1.29 is 24.2 Å². The van der Waals surface area contributed by atoms with Gasteiger partial charge in [-0.1, -0.05) is 75.1 Å². The number of carbonyl (C=O) groups is 2. The normalized spacial score (nSPS) is 19.4. The average molecular weight is 565 g/mol. The second kappa shape index (κ2) is 13.7. The Morgan fingerprint density at radius 3 is 2.37 bits per heavy atom. The van der Waals surface area contributed by atoms with E-state index in [-0.39, 0.29) is 18.0 Å². The van der Waals surface area contributed by atoms with E-state index in [0.29, 0.717) is 45.6 Å². The van der Waals surface area contributed by atoms with E-state index in [1.807, 2.05) is 80.3 Å². The summed E-state index contributed by atoms with van der Waals surface area (Å²) in [6, 6.07) is 17.5. The highest BCUT2D eigenvalue weighted by molar-refractivity contribution is 5.85. The number of ether oxygens (including phenoxy) is 2. The van der Waals surface area contributed by atoms with Crippen LogP contribution >= 0.6 is 0 Å². The zero-order valence-electron chi connectivity index (χ0n) is 25.3. The molecule has 1 aliphatic carbocycles. The molecular weight excluding hydrogens is 516 g/mol. The van der Waals surface area contributed by atoms with Crippen LogP contribution in [0.4, 0.5) is 4.79 Å². The third-order valence-corrected chi connectivity index (χ3v) is 8.45. The molecule has 1 saturated heterocycles. The molecule has 1 saturated carbocycles. The molecule has 2 fully saturated rings. The van der Waals surface area contributed by atoms with E-state index in [2.05, 4.69) is 6.92 Å². The summed E-state index contributed by atoms with van der Waals surface area (Å²) in [6.45, 7) is 9.93. The minimum Gasteiger partial charge on any atom is -0.489 e. The van der Waals surface area contributed by atoms with Gasteiger partial charge in [-0.05, 0) is 69.7 Å². The minimum atomic E-state index is -1.09. The van der Waals surface area contributed by atoms with Gasteiger partial charge in [0, 0.05) is 18.6 Å². The van der Waals surface area contributed by atoms with E-state index in [4.69, 9.17) is 9.47 Å². The maximum atomic E-state index is 14.2. The smallest absolute Gasteiger partial charge is 0.410 e. The number of benzene rings is 2. The fourth-order valence-electron chi connectivity index (χ4n) is 6.31. The van der Waals surface area contributed by atoms with Crippen molar-refractivity contribution in [3.63, 3.8) is 0 Å². The molecule has 2 atom stereocenters. The Labute approximate surface area is 245 Å². The van der Waals surface area contributed by atoms with Crippen molar-refractivity contribution in [2.75, 3.05) is 19.7 Å². The molecule has 1 unspecified atom stereocenters. The Morgan fingerprint density at radius 1 is 1.05 bits per heavy atom. The van der Waals surface area contributed by atoms with Gasteiger partial charge >= 0.3 is 6.09 Å². The number of aliphatic hydroxyl groups is 1. The Morgan fingerprint density at radius 2 is 1.73 bits per heavy atom. The second-order valence-electron chi connectivity index (χ2n) is 12.7. The van der Waals surface area contributed by atoms with E-state index in [1.54, 1.807) is 4.90 Å². The Kier molecular flexibility index (Phi) is 10.3. The van der Waals surface area contributed by atoms with Gasteiger partial charge in [-0.25, -0.2) is 4.79 Å². The SMILES string of the molecule is CCCCOC(=O)N([C@@H]1CCN(C(=O)C(c2ccc(OCc3ccccc3)cc2)C2(O)CCCCC2)C1)C(C)(C)C. The number of nitrogens with zero attached hydrogens (tertiary/aromatic N) is 2. The van der Waals surface area contributed by atoms with Crippen LogP contribution in [-0.4, -0.2) is 63.8 Å². The predicted molar refractivity (Wildman–Crippen MR) is 161 cm³/mol. The van der Waals surface area contributed by atoms with Crippen molar-refractivity contribution in [1.82, 2.24) is 9.80 Å². The summed E-state index contributed by atoms with van der Waals surface area (Å²) in [5.74, 6) is -0.00421. The number of carbonyl (C=O) groups excluding carboxylic acids is 2. The quantitative estimate of drug-likeness (QED) is 0.326. The molecule has 0 radical (unpaired) electrons. The summed E-state index contributed by atoms with van der Waals surface area (Å²) in [5, 5.41) is 11.9. The largest absolute Gasteiger partial charge is 0.489 e. The highest BCUT2D eigenvalue weighted by Crippen LogP contribution is 2.42. The first-order valence-corrected chi connectivity index (χ1v) is 15.4. The van der Waals surface area contributed by atoms with Crippen LogP contribution in [0.15, 0.2) is 54.6 Å². The number of likely N-dealkylation sites (tertiary alicyclic amines) is 1. The zero-order chi connectivity index (χ0) is 29.5. The molecule has 2 aliphatic rings. The number of rotatable bonds is 10. The number of amides is 2. The summed E-state index contributed by atoms with van der Waals surface area (Å²) >= 11 is 0. The molecule has 7 nitrogen and oxygen atoms in total. The monoisotopic (exact) mass is 564 g/mol. The molecular formula is C34H48N2O5. The molecule has 2 aromatic rings. The van der Waals surface area contributed by atoms with Gasteiger partial charge in [0.05, 0.1) is 24.2 Å². The van der Waals surface area contributed by atoms with E-state index >= 15 is 0 Å². The van der Waals surface area contributed by atoms with Crippen molar-refractivity contribution in [2.45, 2.75) is 109 Å². The van der Waals surface area contributed by atoms with Crippen LogP contribution < -0.4 is 4.74 Å². The first kappa shape index (κ1) is 30.9. The average Bonchev–Trinajstić information content (AvgIpc) is 3.42. The Bertz CT molecular complexity index is 1120. The van der Waals surface area contributed by atoms with Crippen LogP contribution in [0.5, 0.6) is 5.75 Å². The van der Waals surface area contributed by atoms with Crippen LogP contribution in [0, 0.1) is 0 Å². The second-order valence-corrected chi connectivity index (χ2v) is 12.7. The lowest BCUT2D eigenvalue weighted by molar-refractivity contribution is -0.140. The maximum absolute atomic E-state index is 14.2. The molecule has 2 amide bonds. The Balaban J connectivity index is 1.51. The minimum absolute atomic E-state index is 0.0666. The summed E-state index contributed by atoms with van der Waals surface area (Å²) < 4.78 is 11.6. The van der Waals surface area contributed by atoms with Gasteiger partial charge in [0.25, 0.3) is 0 Å². The zero-order valence-corrected chi connectivity index (χ0v) is 25.3. The van der Waals surface area contributed by atoms with Crippen LogP contribution in [-0.2, 0) is 16.1 Å². The maximum Gasteiger partial charge on any atom is 0.410 e. The highest BCUT2D eigenvalue weighted by atomic mass is 16.6. The topological polar surface area (TPSA) is 79.3 Å². The van der Waals surface area contributed by atoms with Crippen molar-refractivity contribution in [3.8, 4) is 5.75 Å². The van der Waals surface area contributed by atoms with Crippen LogP contribution in [0.2, 0.25) is 0 Å². The Hall–Kier alpha value is -3.06. The molecule has 1 heterocycles. The van der Waals surface area contributed by atoms with Gasteiger partial charge in [-0.3, -0.25) is 9.69 Å². The van der Waals surface area contributed by atoms with E-state index in [9.17, 15) is 14.7 Å². The number of unbranched alkanes of at least 4 members (excludes halogenated alkanes) is 1. The molecule has 0 aromatic heterocycles. The van der Waals surface area contributed by atoms with Gasteiger partial charge in [0.1, 0.15) is 12.4 Å². The van der Waals surface area contributed by atoms with Crippen molar-refractivity contribution in [1.29, 1.82) is 0 Å². The van der Waals surface area contributed by atoms with Gasteiger partial charge in [0.15, 0.2) is 0 Å². The summed E-state index contributed by atoms with van der Waals surface area (Å²) in [4.78, 5) is 31.0. The van der Waals surface area contributed by atoms with Crippen LogP contribution in [0.25, 0.3) is 0 Å². The van der Waals surface area contributed by atoms with Gasteiger partial charge < -0.3 is 19.5 Å². The molecule has 2 aromatic carbocycles. The molecule has 224 valence electrons. The fourth-order valence-corrected chi connectivity index (χ4v) is 6.31. The standard InChI is InChI=1S/C34H48N2O5/c1-5-6-23-40-32(38)36(33(2,3)4)28-19-22-35(24-28)31(37)30(34(39)20-11-8-12-21-34)27-15-17-29(18-16-27)41-25-26-13-9-7-10-14-26/h7,9-10,13-18,28,30,39H,5-6,8,11-12,19-25H2,1-4H3/t28-,30?/m1/s1. The summed E-state index contributed by atoms with van der Waals surface area (Å²) in [7, 11) is 0. The van der Waals surface area contributed by atoms with E-state index < -0.39 is 17.1 Å². The van der Waals surface area contributed by atoms with E-state index in [1.165, 1.54) is 0 Å².